The number of aryl methyl sites for hydroxylation is 1. The fourth-order valence-corrected chi connectivity index (χ4v) is 4.40. The van der Waals surface area contributed by atoms with Gasteiger partial charge in [-0.25, -0.2) is 0 Å². The van der Waals surface area contributed by atoms with E-state index in [9.17, 15) is 4.79 Å². The van der Waals surface area contributed by atoms with Gasteiger partial charge in [-0.3, -0.25) is 9.69 Å². The van der Waals surface area contributed by atoms with Crippen molar-refractivity contribution in [3.8, 4) is 0 Å². The molecule has 0 atom stereocenters. The highest BCUT2D eigenvalue weighted by atomic mass is 16.1. The van der Waals surface area contributed by atoms with Crippen molar-refractivity contribution in [2.45, 2.75) is 39.7 Å². The zero-order valence-electron chi connectivity index (χ0n) is 18.6. The Hall–Kier alpha value is -2.91. The number of amides is 1. The fourth-order valence-electron chi connectivity index (χ4n) is 4.40. The molecule has 3 nitrogen and oxygen atoms in total. The molecule has 0 aliphatic carbocycles. The van der Waals surface area contributed by atoms with E-state index in [4.69, 9.17) is 0 Å². The first kappa shape index (κ1) is 21.3. The molecule has 0 bridgehead atoms. The number of piperidine rings is 1. The molecule has 1 heterocycles. The fraction of sp³-hybridized carbons (Fsp3) is 0.321. The van der Waals surface area contributed by atoms with Crippen molar-refractivity contribution in [3.63, 3.8) is 0 Å². The maximum atomic E-state index is 12.6. The van der Waals surface area contributed by atoms with E-state index in [2.05, 4.69) is 65.7 Å². The van der Waals surface area contributed by atoms with Crippen molar-refractivity contribution < 1.29 is 4.79 Å². The standard InChI is InChI=1S/C28H32N2O/c1-21-7-6-10-27(22(21)2)29-28(31)26-13-11-25(12-14-26)20-30-17-15-24(16-18-30)19-23-8-4-3-5-9-23/h3-14,24H,15-20H2,1-2H3,(H,29,31). The normalized spacial score (nSPS) is 15.0. The van der Waals surface area contributed by atoms with Crippen molar-refractivity contribution >= 4 is 11.6 Å². The molecule has 1 fully saturated rings. The van der Waals surface area contributed by atoms with E-state index < -0.39 is 0 Å². The highest BCUT2D eigenvalue weighted by Crippen LogP contribution is 2.23. The third kappa shape index (κ3) is 5.62. The summed E-state index contributed by atoms with van der Waals surface area (Å²) >= 11 is 0. The third-order valence-electron chi connectivity index (χ3n) is 6.55. The van der Waals surface area contributed by atoms with E-state index in [0.29, 0.717) is 5.56 Å². The molecule has 3 aromatic rings. The smallest absolute Gasteiger partial charge is 0.255 e. The van der Waals surface area contributed by atoms with Crippen LogP contribution in [0.4, 0.5) is 5.69 Å². The molecule has 0 unspecified atom stereocenters. The number of anilines is 1. The first-order chi connectivity index (χ1) is 15.1. The Bertz CT molecular complexity index is 1000. The molecule has 1 amide bonds. The second kappa shape index (κ2) is 9.93. The topological polar surface area (TPSA) is 32.3 Å². The van der Waals surface area contributed by atoms with Gasteiger partial charge in [-0.1, -0.05) is 54.6 Å². The predicted molar refractivity (Wildman–Crippen MR) is 128 cm³/mol. The molecular formula is C28H32N2O. The van der Waals surface area contributed by atoms with Crippen LogP contribution in [0, 0.1) is 19.8 Å². The molecule has 31 heavy (non-hydrogen) atoms. The number of carbonyl (C=O) groups excluding carboxylic acids is 1. The van der Waals surface area contributed by atoms with E-state index in [-0.39, 0.29) is 5.91 Å². The van der Waals surface area contributed by atoms with Crippen LogP contribution in [-0.4, -0.2) is 23.9 Å². The lowest BCUT2D eigenvalue weighted by atomic mass is 9.90. The predicted octanol–water partition coefficient (Wildman–Crippen LogP) is 6.01. The summed E-state index contributed by atoms with van der Waals surface area (Å²) in [5, 5.41) is 3.04. The molecule has 0 aromatic heterocycles. The maximum Gasteiger partial charge on any atom is 0.255 e. The zero-order chi connectivity index (χ0) is 21.6. The second-order valence-corrected chi connectivity index (χ2v) is 8.81. The van der Waals surface area contributed by atoms with Gasteiger partial charge in [0, 0.05) is 17.8 Å². The van der Waals surface area contributed by atoms with Gasteiger partial charge in [0.2, 0.25) is 0 Å². The lowest BCUT2D eigenvalue weighted by Gasteiger charge is -2.32. The highest BCUT2D eigenvalue weighted by molar-refractivity contribution is 6.04. The zero-order valence-corrected chi connectivity index (χ0v) is 18.6. The van der Waals surface area contributed by atoms with Gasteiger partial charge in [-0.05, 0) is 92.6 Å². The van der Waals surface area contributed by atoms with E-state index >= 15 is 0 Å². The van der Waals surface area contributed by atoms with Crippen LogP contribution in [0.3, 0.4) is 0 Å². The van der Waals surface area contributed by atoms with Gasteiger partial charge in [0.1, 0.15) is 0 Å². The molecule has 3 heteroatoms. The Kier molecular flexibility index (Phi) is 6.83. The number of benzene rings is 3. The molecule has 3 aromatic carbocycles. The minimum absolute atomic E-state index is 0.0537. The molecule has 1 aliphatic heterocycles. The average Bonchev–Trinajstić information content (AvgIpc) is 2.79. The van der Waals surface area contributed by atoms with Crippen molar-refractivity contribution in [2.24, 2.45) is 5.92 Å². The first-order valence-electron chi connectivity index (χ1n) is 11.3. The minimum atomic E-state index is -0.0537. The van der Waals surface area contributed by atoms with Crippen LogP contribution in [0.15, 0.2) is 72.8 Å². The Labute approximate surface area is 186 Å². The number of hydrogen-bond acceptors (Lipinski definition) is 2. The summed E-state index contributed by atoms with van der Waals surface area (Å²) in [5.74, 6) is 0.733. The van der Waals surface area contributed by atoms with Crippen LogP contribution < -0.4 is 5.32 Å². The maximum absolute atomic E-state index is 12.6. The van der Waals surface area contributed by atoms with Gasteiger partial charge in [0.25, 0.3) is 5.91 Å². The third-order valence-corrected chi connectivity index (χ3v) is 6.55. The van der Waals surface area contributed by atoms with Crippen LogP contribution >= 0.6 is 0 Å². The van der Waals surface area contributed by atoms with Crippen molar-refractivity contribution in [1.82, 2.24) is 4.90 Å². The van der Waals surface area contributed by atoms with E-state index in [1.165, 1.54) is 36.0 Å². The summed E-state index contributed by atoms with van der Waals surface area (Å²) in [4.78, 5) is 15.2. The molecule has 4 rings (SSSR count). The number of rotatable bonds is 6. The van der Waals surface area contributed by atoms with Gasteiger partial charge >= 0.3 is 0 Å². The molecule has 0 radical (unpaired) electrons. The number of hydrogen-bond donors (Lipinski definition) is 1. The monoisotopic (exact) mass is 412 g/mol. The van der Waals surface area contributed by atoms with Crippen LogP contribution in [0.1, 0.15) is 45.5 Å². The average molecular weight is 413 g/mol. The van der Waals surface area contributed by atoms with E-state index in [1.807, 2.05) is 31.2 Å². The van der Waals surface area contributed by atoms with Crippen LogP contribution in [0.5, 0.6) is 0 Å². The van der Waals surface area contributed by atoms with Gasteiger partial charge in [0.15, 0.2) is 0 Å². The lowest BCUT2D eigenvalue weighted by molar-refractivity contribution is 0.102. The number of likely N-dealkylation sites (tertiary alicyclic amines) is 1. The molecule has 1 saturated heterocycles. The van der Waals surface area contributed by atoms with E-state index in [0.717, 1.165) is 36.8 Å². The van der Waals surface area contributed by atoms with E-state index in [1.54, 1.807) is 0 Å². The molecule has 160 valence electrons. The van der Waals surface area contributed by atoms with Crippen molar-refractivity contribution in [1.29, 1.82) is 0 Å². The number of nitrogens with one attached hydrogen (secondary N) is 1. The Morgan fingerprint density at radius 2 is 1.58 bits per heavy atom. The van der Waals surface area contributed by atoms with Crippen LogP contribution in [-0.2, 0) is 13.0 Å². The number of nitrogens with zero attached hydrogens (tertiary/aromatic N) is 1. The van der Waals surface area contributed by atoms with Crippen LogP contribution in [0.2, 0.25) is 0 Å². The van der Waals surface area contributed by atoms with Crippen molar-refractivity contribution in [2.75, 3.05) is 18.4 Å². The Morgan fingerprint density at radius 3 is 2.29 bits per heavy atom. The molecule has 1 aliphatic rings. The molecule has 0 spiro atoms. The van der Waals surface area contributed by atoms with Gasteiger partial charge < -0.3 is 5.32 Å². The quantitative estimate of drug-likeness (QED) is 0.538. The summed E-state index contributed by atoms with van der Waals surface area (Å²) in [7, 11) is 0. The summed E-state index contributed by atoms with van der Waals surface area (Å²) in [6, 6.07) is 24.9. The SMILES string of the molecule is Cc1cccc(NC(=O)c2ccc(CN3CCC(Cc4ccccc4)CC3)cc2)c1C. The molecule has 1 N–H and O–H groups in total. The largest absolute Gasteiger partial charge is 0.322 e. The van der Waals surface area contributed by atoms with Crippen molar-refractivity contribution in [3.05, 3.63) is 101 Å². The second-order valence-electron chi connectivity index (χ2n) is 8.81. The summed E-state index contributed by atoms with van der Waals surface area (Å²) < 4.78 is 0. The summed E-state index contributed by atoms with van der Waals surface area (Å²) in [6.45, 7) is 7.34. The minimum Gasteiger partial charge on any atom is -0.322 e. The van der Waals surface area contributed by atoms with Crippen LogP contribution in [0.25, 0.3) is 0 Å². The molecule has 0 saturated carbocycles. The lowest BCUT2D eigenvalue weighted by Crippen LogP contribution is -2.33. The van der Waals surface area contributed by atoms with Gasteiger partial charge in [0.05, 0.1) is 0 Å². The molecular weight excluding hydrogens is 380 g/mol. The summed E-state index contributed by atoms with van der Waals surface area (Å²) in [5.41, 5.74) is 6.60. The summed E-state index contributed by atoms with van der Waals surface area (Å²) in [6.07, 6.45) is 3.70. The number of carbonyl (C=O) groups is 1. The Morgan fingerprint density at radius 1 is 0.871 bits per heavy atom. The van der Waals surface area contributed by atoms with Gasteiger partial charge in [-0.2, -0.15) is 0 Å². The highest BCUT2D eigenvalue weighted by Gasteiger charge is 2.19. The first-order valence-corrected chi connectivity index (χ1v) is 11.3. The Balaban J connectivity index is 1.28. The van der Waals surface area contributed by atoms with Gasteiger partial charge in [-0.15, -0.1) is 0 Å².